The van der Waals surface area contributed by atoms with Gasteiger partial charge in [0.05, 0.1) is 11.9 Å². The number of rotatable bonds is 10. The van der Waals surface area contributed by atoms with Crippen LogP contribution in [0.15, 0.2) is 42.5 Å². The fourth-order valence-electron chi connectivity index (χ4n) is 9.06. The summed E-state index contributed by atoms with van der Waals surface area (Å²) in [6.45, 7) is 1.20. The Morgan fingerprint density at radius 2 is 1.47 bits per heavy atom. The highest BCUT2D eigenvalue weighted by Gasteiger charge is 2.51. The van der Waals surface area contributed by atoms with Gasteiger partial charge in [0.1, 0.15) is 12.6 Å². The summed E-state index contributed by atoms with van der Waals surface area (Å²) >= 11 is 13.0. The summed E-state index contributed by atoms with van der Waals surface area (Å²) in [4.78, 5) is 29.0. The Bertz CT molecular complexity index is 1470. The summed E-state index contributed by atoms with van der Waals surface area (Å²) in [5.74, 6) is 1.63. The molecule has 5 aliphatic carbocycles. The average Bonchev–Trinajstić information content (AvgIpc) is 2.99. The second-order valence-electron chi connectivity index (χ2n) is 14.3. The molecule has 0 saturated heterocycles. The number of halogens is 2. The van der Waals surface area contributed by atoms with Gasteiger partial charge in [0, 0.05) is 28.2 Å². The van der Waals surface area contributed by atoms with Gasteiger partial charge in [-0.2, -0.15) is 0 Å². The molecule has 2 aromatic rings. The minimum absolute atomic E-state index is 0.0286. The Kier molecular flexibility index (Phi) is 9.48. The van der Waals surface area contributed by atoms with E-state index in [1.165, 1.54) is 49.0 Å². The number of hydrogen-bond acceptors (Lipinski definition) is 4. The van der Waals surface area contributed by atoms with Crippen molar-refractivity contribution < 1.29 is 18.0 Å². The quantitative estimate of drug-likeness (QED) is 0.292. The molecule has 5 saturated carbocycles. The van der Waals surface area contributed by atoms with Gasteiger partial charge in [-0.25, -0.2) is 8.42 Å². The lowest BCUT2D eigenvalue weighted by atomic mass is 9.48. The van der Waals surface area contributed by atoms with Crippen LogP contribution >= 0.6 is 23.2 Å². The van der Waals surface area contributed by atoms with E-state index in [4.69, 9.17) is 23.2 Å². The van der Waals surface area contributed by atoms with E-state index in [1.807, 2.05) is 12.1 Å². The van der Waals surface area contributed by atoms with E-state index < -0.39 is 28.5 Å². The van der Waals surface area contributed by atoms with Gasteiger partial charge in [-0.3, -0.25) is 13.9 Å². The highest BCUT2D eigenvalue weighted by molar-refractivity contribution is 7.92. The van der Waals surface area contributed by atoms with Gasteiger partial charge in [0.25, 0.3) is 0 Å². The number of nitrogens with one attached hydrogen (secondary N) is 1. The Labute approximate surface area is 278 Å². The van der Waals surface area contributed by atoms with Crippen LogP contribution < -0.4 is 9.62 Å². The molecule has 2 amide bonds. The summed E-state index contributed by atoms with van der Waals surface area (Å²) in [5, 5.41) is 3.86. The van der Waals surface area contributed by atoms with Crippen LogP contribution in [-0.2, 0) is 31.6 Å². The van der Waals surface area contributed by atoms with Crippen molar-refractivity contribution in [2.45, 2.75) is 102 Å². The molecule has 5 fully saturated rings. The van der Waals surface area contributed by atoms with Gasteiger partial charge in [-0.15, -0.1) is 0 Å². The van der Waals surface area contributed by atoms with E-state index in [9.17, 15) is 18.0 Å². The molecule has 0 heterocycles. The minimum atomic E-state index is -3.83. The molecular formula is C35H45Cl2N3O4S. The van der Waals surface area contributed by atoms with Crippen LogP contribution in [0.5, 0.6) is 0 Å². The predicted molar refractivity (Wildman–Crippen MR) is 180 cm³/mol. The SMILES string of the molecule is C[C@@H](C(=O)NC1CCCCC1)N(Cc1c(Cl)cccc1Cl)C(=O)CN(c1ccc(C23CC4CC(CC(C4)C2)C3)cc1)S(C)(=O)=O. The second kappa shape index (κ2) is 13.1. The predicted octanol–water partition coefficient (Wildman–Crippen LogP) is 7.09. The number of benzene rings is 2. The summed E-state index contributed by atoms with van der Waals surface area (Å²) in [7, 11) is -3.83. The first-order valence-electron chi connectivity index (χ1n) is 16.5. The number of carbonyl (C=O) groups is 2. The van der Waals surface area contributed by atoms with Crippen molar-refractivity contribution >= 4 is 50.7 Å². The van der Waals surface area contributed by atoms with Crippen molar-refractivity contribution in [2.24, 2.45) is 17.8 Å². The molecule has 45 heavy (non-hydrogen) atoms. The second-order valence-corrected chi connectivity index (χ2v) is 17.0. The zero-order valence-corrected chi connectivity index (χ0v) is 28.6. The summed E-state index contributed by atoms with van der Waals surface area (Å²) < 4.78 is 27.5. The molecule has 4 bridgehead atoms. The van der Waals surface area contributed by atoms with Crippen LogP contribution in [0.4, 0.5) is 5.69 Å². The van der Waals surface area contributed by atoms with Crippen LogP contribution in [0.2, 0.25) is 10.0 Å². The molecule has 5 aliphatic rings. The smallest absolute Gasteiger partial charge is 0.244 e. The van der Waals surface area contributed by atoms with Crippen molar-refractivity contribution in [3.63, 3.8) is 0 Å². The van der Waals surface area contributed by atoms with Crippen molar-refractivity contribution in [1.82, 2.24) is 10.2 Å². The number of anilines is 1. The number of carbonyl (C=O) groups excluding carboxylic acids is 2. The third-order valence-corrected chi connectivity index (χ3v) is 12.8. The van der Waals surface area contributed by atoms with E-state index >= 15 is 0 Å². The Hall–Kier alpha value is -2.29. The summed E-state index contributed by atoms with van der Waals surface area (Å²) in [6, 6.07) is 12.1. The van der Waals surface area contributed by atoms with Crippen LogP contribution in [0.3, 0.4) is 0 Å². The maximum absolute atomic E-state index is 14.1. The van der Waals surface area contributed by atoms with Gasteiger partial charge >= 0.3 is 0 Å². The fourth-order valence-corrected chi connectivity index (χ4v) is 10.4. The molecular weight excluding hydrogens is 629 g/mol. The first-order chi connectivity index (χ1) is 21.4. The first-order valence-corrected chi connectivity index (χ1v) is 19.1. The molecule has 0 aliphatic heterocycles. The van der Waals surface area contributed by atoms with E-state index in [0.717, 1.165) is 60.4 Å². The van der Waals surface area contributed by atoms with Gasteiger partial charge in [-0.05, 0) is 111 Å². The Balaban J connectivity index is 1.24. The summed E-state index contributed by atoms with van der Waals surface area (Å²) in [5.41, 5.74) is 2.42. The molecule has 0 radical (unpaired) electrons. The van der Waals surface area contributed by atoms with Gasteiger partial charge in [-0.1, -0.05) is 60.7 Å². The molecule has 0 spiro atoms. The van der Waals surface area contributed by atoms with Crippen molar-refractivity contribution in [3.05, 3.63) is 63.6 Å². The van der Waals surface area contributed by atoms with Crippen molar-refractivity contribution in [1.29, 1.82) is 0 Å². The lowest BCUT2D eigenvalue weighted by Gasteiger charge is -2.57. The zero-order valence-electron chi connectivity index (χ0n) is 26.3. The largest absolute Gasteiger partial charge is 0.352 e. The Morgan fingerprint density at radius 3 is 2.00 bits per heavy atom. The summed E-state index contributed by atoms with van der Waals surface area (Å²) in [6.07, 6.45) is 13.9. The molecule has 7 nitrogen and oxygen atoms in total. The lowest BCUT2D eigenvalue weighted by Crippen LogP contribution is -2.53. The minimum Gasteiger partial charge on any atom is -0.352 e. The average molecular weight is 675 g/mol. The lowest BCUT2D eigenvalue weighted by molar-refractivity contribution is -0.139. The molecule has 244 valence electrons. The number of nitrogens with zero attached hydrogens (tertiary/aromatic N) is 2. The fraction of sp³-hybridized carbons (Fsp3) is 0.600. The normalized spacial score (nSPS) is 26.8. The topological polar surface area (TPSA) is 86.8 Å². The van der Waals surface area contributed by atoms with E-state index in [2.05, 4.69) is 17.4 Å². The number of hydrogen-bond donors (Lipinski definition) is 1. The monoisotopic (exact) mass is 673 g/mol. The zero-order chi connectivity index (χ0) is 31.9. The van der Waals surface area contributed by atoms with Crippen molar-refractivity contribution in [3.8, 4) is 0 Å². The third kappa shape index (κ3) is 7.03. The Morgan fingerprint density at radius 1 is 0.911 bits per heavy atom. The van der Waals surface area contributed by atoms with Gasteiger partial charge in [0.2, 0.25) is 21.8 Å². The van der Waals surface area contributed by atoms with Crippen molar-refractivity contribution in [2.75, 3.05) is 17.1 Å². The molecule has 1 N–H and O–H groups in total. The van der Waals surface area contributed by atoms with Crippen LogP contribution in [0.25, 0.3) is 0 Å². The highest BCUT2D eigenvalue weighted by atomic mass is 35.5. The van der Waals surface area contributed by atoms with Crippen LogP contribution in [0.1, 0.15) is 88.7 Å². The number of sulfonamides is 1. The van der Waals surface area contributed by atoms with E-state index in [1.54, 1.807) is 25.1 Å². The maximum atomic E-state index is 14.1. The molecule has 0 aromatic heterocycles. The molecule has 2 aromatic carbocycles. The van der Waals surface area contributed by atoms with Crippen LogP contribution in [0, 0.1) is 17.8 Å². The molecule has 10 heteroatoms. The van der Waals surface area contributed by atoms with Gasteiger partial charge in [0.15, 0.2) is 0 Å². The number of amides is 2. The van der Waals surface area contributed by atoms with E-state index in [-0.39, 0.29) is 23.9 Å². The standard InChI is InChI=1S/C35H45Cl2N3O4S/c1-23(34(42)38-28-7-4-3-5-8-28)39(21-30-31(36)9-6-10-32(30)37)33(41)22-40(45(2,43)44)29-13-11-27(12-14-29)35-18-24-15-25(19-35)17-26(16-24)20-35/h6,9-14,23-26,28H,3-5,7-8,15-22H2,1-2H3,(H,38,42)/t23-,24?,25?,26?,35?/m0/s1. The first kappa shape index (κ1) is 32.6. The van der Waals surface area contributed by atoms with E-state index in [0.29, 0.717) is 21.3 Å². The molecule has 1 atom stereocenters. The third-order valence-electron chi connectivity index (χ3n) is 11.0. The molecule has 0 unspecified atom stereocenters. The van der Waals surface area contributed by atoms with Crippen LogP contribution in [-0.4, -0.2) is 50.0 Å². The molecule has 7 rings (SSSR count). The maximum Gasteiger partial charge on any atom is 0.244 e. The van der Waals surface area contributed by atoms with Gasteiger partial charge < -0.3 is 10.2 Å². The highest BCUT2D eigenvalue weighted by Crippen LogP contribution is 2.60.